The van der Waals surface area contributed by atoms with Gasteiger partial charge >= 0.3 is 18.1 Å². The Morgan fingerprint density at radius 1 is 1.07 bits per heavy atom. The molecule has 1 aromatic heterocycles. The van der Waals surface area contributed by atoms with Crippen LogP contribution in [-0.4, -0.2) is 77.0 Å². The van der Waals surface area contributed by atoms with E-state index in [2.05, 4.69) is 16.1 Å². The van der Waals surface area contributed by atoms with Crippen molar-refractivity contribution in [3.05, 3.63) is 78.1 Å². The predicted molar refractivity (Wildman–Crippen MR) is 152 cm³/mol. The van der Waals surface area contributed by atoms with E-state index in [1.54, 1.807) is 10.9 Å². The zero-order valence-electron chi connectivity index (χ0n) is 24.0. The lowest BCUT2D eigenvalue weighted by atomic mass is 9.73. The van der Waals surface area contributed by atoms with Crippen molar-refractivity contribution in [1.82, 2.24) is 19.6 Å². The van der Waals surface area contributed by atoms with Crippen molar-refractivity contribution in [3.63, 3.8) is 0 Å². The normalized spacial score (nSPS) is 20.2. The summed E-state index contributed by atoms with van der Waals surface area (Å²) in [4.78, 5) is 27.9. The number of likely N-dealkylation sites (tertiary alicyclic amines) is 1. The molecule has 5 rings (SSSR count). The summed E-state index contributed by atoms with van der Waals surface area (Å²) in [5.41, 5.74) is 3.36. The van der Waals surface area contributed by atoms with E-state index < -0.39 is 23.5 Å². The molecule has 0 radical (unpaired) electrons. The van der Waals surface area contributed by atoms with Crippen LogP contribution in [0.5, 0.6) is 0 Å². The van der Waals surface area contributed by atoms with Crippen LogP contribution in [0.3, 0.4) is 0 Å². The molecule has 1 saturated heterocycles. The van der Waals surface area contributed by atoms with Crippen LogP contribution < -0.4 is 0 Å². The number of carbonyl (C=O) groups is 2. The number of rotatable bonds is 10. The second-order valence-electron chi connectivity index (χ2n) is 11.7. The number of amides is 1. The summed E-state index contributed by atoms with van der Waals surface area (Å²) in [7, 11) is 3.21. The number of ether oxygens (including phenoxy) is 1. The highest BCUT2D eigenvalue weighted by molar-refractivity contribution is 5.82. The van der Waals surface area contributed by atoms with Crippen LogP contribution >= 0.6 is 0 Å². The van der Waals surface area contributed by atoms with Gasteiger partial charge in [-0.05, 0) is 60.9 Å². The van der Waals surface area contributed by atoms with E-state index in [1.165, 1.54) is 7.11 Å². The summed E-state index contributed by atoms with van der Waals surface area (Å²) in [6.45, 7) is 1.81. The molecule has 2 atom stereocenters. The zero-order chi connectivity index (χ0) is 29.9. The van der Waals surface area contributed by atoms with Gasteiger partial charge in [0.1, 0.15) is 0 Å². The molecule has 2 aromatic carbocycles. The minimum atomic E-state index is -4.95. The van der Waals surface area contributed by atoms with Crippen LogP contribution in [0, 0.1) is 5.41 Å². The molecule has 2 heterocycles. The molecule has 1 saturated carbocycles. The van der Waals surface area contributed by atoms with Crippen molar-refractivity contribution in [3.8, 4) is 11.1 Å². The summed E-state index contributed by atoms with van der Waals surface area (Å²) in [5.74, 6) is -2.16. The molecular weight excluding hydrogens is 545 g/mol. The highest BCUT2D eigenvalue weighted by atomic mass is 19.4. The number of aromatic nitrogens is 2. The van der Waals surface area contributed by atoms with Gasteiger partial charge in [0, 0.05) is 43.9 Å². The van der Waals surface area contributed by atoms with Gasteiger partial charge in [0.2, 0.25) is 0 Å². The SMILES string of the molecule is COC(=O)CCN1CCC(Cc2cccc(-c3cnn(C)c3)c2)(CN(C(=O)C(F)(F)F)[C@@H]2CC2c2ccccc2)CC1. The van der Waals surface area contributed by atoms with E-state index in [0.29, 0.717) is 45.3 Å². The summed E-state index contributed by atoms with van der Waals surface area (Å²) in [6.07, 6.45) is 1.29. The van der Waals surface area contributed by atoms with Gasteiger partial charge in [0.25, 0.3) is 0 Å². The zero-order valence-corrected chi connectivity index (χ0v) is 24.0. The van der Waals surface area contributed by atoms with E-state index >= 15 is 0 Å². The molecule has 7 nitrogen and oxygen atoms in total. The van der Waals surface area contributed by atoms with Crippen molar-refractivity contribution in [2.45, 2.75) is 50.2 Å². The first-order valence-electron chi connectivity index (χ1n) is 14.4. The maximum Gasteiger partial charge on any atom is 0.471 e. The summed E-state index contributed by atoms with van der Waals surface area (Å²) >= 11 is 0. The fourth-order valence-electron chi connectivity index (χ4n) is 6.31. The van der Waals surface area contributed by atoms with Crippen LogP contribution in [0.2, 0.25) is 0 Å². The Morgan fingerprint density at radius 2 is 1.81 bits per heavy atom. The quantitative estimate of drug-likeness (QED) is 0.307. The maximum atomic E-state index is 14.0. The van der Waals surface area contributed by atoms with E-state index in [0.717, 1.165) is 27.2 Å². The molecule has 0 bridgehead atoms. The molecule has 2 fully saturated rings. The molecule has 1 aliphatic heterocycles. The van der Waals surface area contributed by atoms with Gasteiger partial charge in [0.15, 0.2) is 0 Å². The number of aryl methyl sites for hydroxylation is 1. The number of nitrogens with zero attached hydrogens (tertiary/aromatic N) is 4. The van der Waals surface area contributed by atoms with Gasteiger partial charge in [-0.15, -0.1) is 0 Å². The Kier molecular flexibility index (Phi) is 8.73. The number of benzene rings is 2. The third kappa shape index (κ3) is 7.03. The Hall–Kier alpha value is -3.66. The first kappa shape index (κ1) is 29.8. The van der Waals surface area contributed by atoms with E-state index in [4.69, 9.17) is 4.74 Å². The van der Waals surface area contributed by atoms with Gasteiger partial charge in [-0.3, -0.25) is 14.3 Å². The largest absolute Gasteiger partial charge is 0.471 e. The third-order valence-corrected chi connectivity index (χ3v) is 8.71. The summed E-state index contributed by atoms with van der Waals surface area (Å²) < 4.78 is 48.5. The van der Waals surface area contributed by atoms with Gasteiger partial charge in [-0.25, -0.2) is 0 Å². The highest BCUT2D eigenvalue weighted by Crippen LogP contribution is 2.48. The Balaban J connectivity index is 1.42. The Bertz CT molecular complexity index is 1380. The number of carbonyl (C=O) groups excluding carboxylic acids is 2. The molecule has 42 heavy (non-hydrogen) atoms. The van der Waals surface area contributed by atoms with Crippen LogP contribution in [-0.2, 0) is 27.8 Å². The van der Waals surface area contributed by atoms with Crippen molar-refractivity contribution < 1.29 is 27.5 Å². The smallest absolute Gasteiger partial charge is 0.469 e. The van der Waals surface area contributed by atoms with Gasteiger partial charge in [-0.2, -0.15) is 18.3 Å². The van der Waals surface area contributed by atoms with Gasteiger partial charge in [0.05, 0.1) is 19.7 Å². The van der Waals surface area contributed by atoms with Crippen LogP contribution in [0.15, 0.2) is 67.0 Å². The second kappa shape index (κ2) is 12.3. The fourth-order valence-corrected chi connectivity index (χ4v) is 6.31. The van der Waals surface area contributed by atoms with E-state index in [9.17, 15) is 22.8 Å². The fraction of sp³-hybridized carbons (Fsp3) is 0.469. The lowest BCUT2D eigenvalue weighted by molar-refractivity contribution is -0.188. The number of esters is 1. The van der Waals surface area contributed by atoms with Crippen LogP contribution in [0.25, 0.3) is 11.1 Å². The predicted octanol–water partition coefficient (Wildman–Crippen LogP) is 5.22. The molecule has 0 N–H and O–H groups in total. The van der Waals surface area contributed by atoms with Gasteiger partial charge in [-0.1, -0.05) is 54.6 Å². The number of hydrogen-bond acceptors (Lipinski definition) is 5. The molecule has 3 aromatic rings. The van der Waals surface area contributed by atoms with Crippen molar-refractivity contribution >= 4 is 11.9 Å². The Labute approximate surface area is 244 Å². The van der Waals surface area contributed by atoms with Gasteiger partial charge < -0.3 is 14.5 Å². The van der Waals surface area contributed by atoms with Crippen molar-refractivity contribution in [2.75, 3.05) is 33.3 Å². The average Bonchev–Trinajstić information content (AvgIpc) is 3.66. The van der Waals surface area contributed by atoms with Crippen molar-refractivity contribution in [1.29, 1.82) is 0 Å². The van der Waals surface area contributed by atoms with E-state index in [-0.39, 0.29) is 24.9 Å². The van der Waals surface area contributed by atoms with Crippen LogP contribution in [0.1, 0.15) is 42.7 Å². The average molecular weight is 583 g/mol. The van der Waals surface area contributed by atoms with E-state index in [1.807, 2.05) is 61.8 Å². The minimum absolute atomic E-state index is 0.0291. The number of halogens is 3. The number of piperidine rings is 1. The monoisotopic (exact) mass is 582 g/mol. The third-order valence-electron chi connectivity index (χ3n) is 8.71. The standard InChI is InChI=1S/C32H37F3N4O3/c1-37-21-26(20-36-37)25-10-6-7-23(17-25)19-31(12-15-38(16-13-31)14-11-29(40)42-2)22-39(30(41)32(33,34)35)28-18-27(28)24-8-4-3-5-9-24/h3-10,17,20-21,27-28H,11-16,18-19,22H2,1-2H3/t27?,28-/m1/s1. The molecule has 224 valence electrons. The lowest BCUT2D eigenvalue weighted by Crippen LogP contribution is -2.52. The first-order valence-corrected chi connectivity index (χ1v) is 14.4. The molecule has 1 amide bonds. The van der Waals surface area contributed by atoms with Crippen molar-refractivity contribution in [2.24, 2.45) is 12.5 Å². The highest BCUT2D eigenvalue weighted by Gasteiger charge is 2.54. The first-order chi connectivity index (χ1) is 20.1. The number of hydrogen-bond donors (Lipinski definition) is 0. The second-order valence-corrected chi connectivity index (χ2v) is 11.7. The number of methoxy groups -OCH3 is 1. The molecule has 10 heteroatoms. The molecule has 1 aliphatic carbocycles. The number of alkyl halides is 3. The Morgan fingerprint density at radius 3 is 2.45 bits per heavy atom. The molecular formula is C32H37F3N4O3. The molecule has 2 aliphatic rings. The molecule has 0 spiro atoms. The topological polar surface area (TPSA) is 67.7 Å². The summed E-state index contributed by atoms with van der Waals surface area (Å²) in [6, 6.07) is 17.0. The lowest BCUT2D eigenvalue weighted by Gasteiger charge is -2.45. The maximum absolute atomic E-state index is 14.0. The minimum Gasteiger partial charge on any atom is -0.469 e. The summed E-state index contributed by atoms with van der Waals surface area (Å²) in [5, 5.41) is 4.26. The molecule has 1 unspecified atom stereocenters. The van der Waals surface area contributed by atoms with Crippen LogP contribution in [0.4, 0.5) is 13.2 Å².